The van der Waals surface area contributed by atoms with Crippen molar-refractivity contribution in [1.82, 2.24) is 14.1 Å². The van der Waals surface area contributed by atoms with E-state index < -0.39 is 0 Å². The van der Waals surface area contributed by atoms with Crippen molar-refractivity contribution in [3.63, 3.8) is 0 Å². The minimum absolute atomic E-state index is 0.0131. The van der Waals surface area contributed by atoms with Gasteiger partial charge in [0.1, 0.15) is 5.65 Å². The Hall–Kier alpha value is -1.88. The molecule has 0 aliphatic heterocycles. The van der Waals surface area contributed by atoms with E-state index in [0.29, 0.717) is 4.77 Å². The molecule has 4 nitrogen and oxygen atoms in total. The van der Waals surface area contributed by atoms with Gasteiger partial charge in [0.2, 0.25) is 5.91 Å². The first-order chi connectivity index (χ1) is 8.11. The molecule has 1 N–H and O–H groups in total. The molecule has 17 heavy (non-hydrogen) atoms. The monoisotopic (exact) mass is 245 g/mol. The summed E-state index contributed by atoms with van der Waals surface area (Å²) in [5.41, 5.74) is 2.65. The van der Waals surface area contributed by atoms with Gasteiger partial charge in [-0.15, -0.1) is 0 Å². The summed E-state index contributed by atoms with van der Waals surface area (Å²) < 4.78 is 4.14. The van der Waals surface area contributed by atoms with Gasteiger partial charge in [-0.2, -0.15) is 0 Å². The maximum atomic E-state index is 11.8. The maximum Gasteiger partial charge on any atom is 0.229 e. The second-order valence-corrected chi connectivity index (χ2v) is 4.45. The molecular formula is C12H11N3OS. The number of nitrogens with zero attached hydrogens (tertiary/aromatic N) is 2. The van der Waals surface area contributed by atoms with Crippen LogP contribution in [-0.2, 0) is 7.05 Å². The van der Waals surface area contributed by atoms with Crippen molar-refractivity contribution in [2.75, 3.05) is 0 Å². The summed E-state index contributed by atoms with van der Waals surface area (Å²) in [6.45, 7) is 1.56. The molecule has 5 heteroatoms. The number of carbonyl (C=O) groups excluding carboxylic acids is 1. The Kier molecular flexibility index (Phi) is 2.00. The second kappa shape index (κ2) is 3.30. The van der Waals surface area contributed by atoms with E-state index in [1.54, 1.807) is 11.5 Å². The van der Waals surface area contributed by atoms with Crippen LogP contribution in [0.4, 0.5) is 0 Å². The number of carbonyl (C=O) groups is 1. The van der Waals surface area contributed by atoms with Crippen molar-refractivity contribution < 1.29 is 4.79 Å². The number of benzene rings is 1. The number of aromatic nitrogens is 3. The highest BCUT2D eigenvalue weighted by Crippen LogP contribution is 2.27. The Morgan fingerprint density at radius 2 is 2.06 bits per heavy atom. The number of imidazole rings is 1. The number of aromatic amines is 1. The van der Waals surface area contributed by atoms with Crippen LogP contribution < -0.4 is 0 Å². The van der Waals surface area contributed by atoms with E-state index in [2.05, 4.69) is 4.98 Å². The fourth-order valence-electron chi connectivity index (χ4n) is 2.27. The molecule has 2 aromatic heterocycles. The summed E-state index contributed by atoms with van der Waals surface area (Å²) in [4.78, 5) is 14.9. The third kappa shape index (κ3) is 1.23. The van der Waals surface area contributed by atoms with E-state index in [-0.39, 0.29) is 5.91 Å². The number of rotatable bonds is 0. The van der Waals surface area contributed by atoms with Crippen molar-refractivity contribution >= 4 is 40.2 Å². The van der Waals surface area contributed by atoms with Gasteiger partial charge in [0.25, 0.3) is 0 Å². The molecule has 0 unspecified atom stereocenters. The van der Waals surface area contributed by atoms with Crippen LogP contribution in [0.15, 0.2) is 24.3 Å². The molecule has 0 radical (unpaired) electrons. The average molecular weight is 245 g/mol. The van der Waals surface area contributed by atoms with Crippen LogP contribution in [0.3, 0.4) is 0 Å². The van der Waals surface area contributed by atoms with E-state index in [9.17, 15) is 4.79 Å². The largest absolute Gasteiger partial charge is 0.329 e. The number of aryl methyl sites for hydroxylation is 1. The molecule has 0 atom stereocenters. The molecule has 2 heterocycles. The summed E-state index contributed by atoms with van der Waals surface area (Å²) in [5.74, 6) is -0.0131. The first-order valence-electron chi connectivity index (χ1n) is 5.30. The maximum absolute atomic E-state index is 11.8. The minimum Gasteiger partial charge on any atom is -0.329 e. The van der Waals surface area contributed by atoms with Crippen LogP contribution in [0.1, 0.15) is 11.7 Å². The fraction of sp³-hybridized carbons (Fsp3) is 0.167. The van der Waals surface area contributed by atoms with E-state index in [0.717, 1.165) is 22.1 Å². The average Bonchev–Trinajstić information content (AvgIpc) is 2.76. The SMILES string of the molecule is CC(=O)n1c2ccccc2c2[nH]c(=S)n(C)c21. The Morgan fingerprint density at radius 3 is 2.76 bits per heavy atom. The van der Waals surface area contributed by atoms with Crippen LogP contribution in [0, 0.1) is 4.77 Å². The topological polar surface area (TPSA) is 42.7 Å². The van der Waals surface area contributed by atoms with Gasteiger partial charge in [-0.05, 0) is 18.3 Å². The van der Waals surface area contributed by atoms with Crippen molar-refractivity contribution in [1.29, 1.82) is 0 Å². The second-order valence-electron chi connectivity index (χ2n) is 4.06. The molecule has 0 aliphatic carbocycles. The van der Waals surface area contributed by atoms with Gasteiger partial charge in [-0.1, -0.05) is 18.2 Å². The highest BCUT2D eigenvalue weighted by Gasteiger charge is 2.16. The number of hydrogen-bond acceptors (Lipinski definition) is 2. The highest BCUT2D eigenvalue weighted by molar-refractivity contribution is 7.71. The van der Waals surface area contributed by atoms with E-state index in [1.165, 1.54) is 0 Å². The number of para-hydroxylation sites is 1. The van der Waals surface area contributed by atoms with Gasteiger partial charge in [-0.25, -0.2) is 0 Å². The predicted octanol–water partition coefficient (Wildman–Crippen LogP) is 2.85. The summed E-state index contributed by atoms with van der Waals surface area (Å²) in [7, 11) is 1.86. The summed E-state index contributed by atoms with van der Waals surface area (Å²) in [6.07, 6.45) is 0. The number of H-pyrrole nitrogens is 1. The van der Waals surface area contributed by atoms with Crippen LogP contribution in [0.25, 0.3) is 22.1 Å². The molecule has 0 saturated heterocycles. The highest BCUT2D eigenvalue weighted by atomic mass is 32.1. The lowest BCUT2D eigenvalue weighted by Crippen LogP contribution is -2.07. The number of nitrogens with one attached hydrogen (secondary N) is 1. The minimum atomic E-state index is -0.0131. The zero-order valence-electron chi connectivity index (χ0n) is 9.52. The van der Waals surface area contributed by atoms with Crippen LogP contribution in [-0.4, -0.2) is 20.0 Å². The van der Waals surface area contributed by atoms with E-state index in [4.69, 9.17) is 12.2 Å². The first kappa shape index (κ1) is 10.3. The Morgan fingerprint density at radius 1 is 1.35 bits per heavy atom. The molecule has 0 bridgehead atoms. The fourth-order valence-corrected chi connectivity index (χ4v) is 2.46. The van der Waals surface area contributed by atoms with Crippen LogP contribution >= 0.6 is 12.2 Å². The molecular weight excluding hydrogens is 234 g/mol. The van der Waals surface area contributed by atoms with Gasteiger partial charge in [0.15, 0.2) is 4.77 Å². The molecule has 86 valence electrons. The van der Waals surface area contributed by atoms with Crippen molar-refractivity contribution in [3.8, 4) is 0 Å². The van der Waals surface area contributed by atoms with Crippen molar-refractivity contribution in [3.05, 3.63) is 29.0 Å². The summed E-state index contributed by atoms with van der Waals surface area (Å²) >= 11 is 5.20. The smallest absolute Gasteiger partial charge is 0.229 e. The lowest BCUT2D eigenvalue weighted by Gasteiger charge is -2.02. The van der Waals surface area contributed by atoms with Gasteiger partial charge in [0, 0.05) is 19.4 Å². The molecule has 3 aromatic rings. The standard InChI is InChI=1S/C12H11N3OS/c1-7(16)15-9-6-4-3-5-8(9)10-11(15)14(2)12(17)13-10/h3-6H,1-2H3,(H,13,17). The van der Waals surface area contributed by atoms with Crippen molar-refractivity contribution in [2.24, 2.45) is 7.05 Å². The van der Waals surface area contributed by atoms with E-state index >= 15 is 0 Å². The lowest BCUT2D eigenvalue weighted by atomic mass is 10.2. The number of hydrogen-bond donors (Lipinski definition) is 1. The van der Waals surface area contributed by atoms with Crippen LogP contribution in [0.5, 0.6) is 0 Å². The summed E-state index contributed by atoms with van der Waals surface area (Å²) in [6, 6.07) is 7.81. The molecule has 0 aliphatic rings. The van der Waals surface area contributed by atoms with E-state index in [1.807, 2.05) is 35.9 Å². The number of fused-ring (bicyclic) bond motifs is 3. The van der Waals surface area contributed by atoms with Gasteiger partial charge in [-0.3, -0.25) is 9.36 Å². The molecule has 0 amide bonds. The van der Waals surface area contributed by atoms with Gasteiger partial charge >= 0.3 is 0 Å². The predicted molar refractivity (Wildman–Crippen MR) is 69.9 cm³/mol. The molecule has 1 aromatic carbocycles. The summed E-state index contributed by atoms with van der Waals surface area (Å²) in [5, 5.41) is 1.02. The molecule has 0 fully saturated rings. The lowest BCUT2D eigenvalue weighted by molar-refractivity contribution is 0.0945. The zero-order valence-corrected chi connectivity index (χ0v) is 10.3. The van der Waals surface area contributed by atoms with Crippen molar-refractivity contribution in [2.45, 2.75) is 6.92 Å². The Labute approximate surface area is 102 Å². The van der Waals surface area contributed by atoms with Gasteiger partial charge < -0.3 is 9.55 Å². The quantitative estimate of drug-likeness (QED) is 0.619. The normalized spacial score (nSPS) is 11.4. The van der Waals surface area contributed by atoms with Gasteiger partial charge in [0.05, 0.1) is 11.0 Å². The third-order valence-corrected chi connectivity index (χ3v) is 3.39. The Balaban J connectivity index is 2.70. The molecule has 3 rings (SSSR count). The zero-order chi connectivity index (χ0) is 12.2. The third-order valence-electron chi connectivity index (χ3n) is 3.02. The molecule has 0 spiro atoms. The molecule has 0 saturated carbocycles. The Bertz CT molecular complexity index is 806. The first-order valence-corrected chi connectivity index (χ1v) is 5.71. The van der Waals surface area contributed by atoms with Crippen LogP contribution in [0.2, 0.25) is 0 Å².